The lowest BCUT2D eigenvalue weighted by Gasteiger charge is -2.11. The van der Waals surface area contributed by atoms with Crippen molar-refractivity contribution in [1.29, 1.82) is 0 Å². The van der Waals surface area contributed by atoms with Gasteiger partial charge in [0, 0.05) is 24.2 Å². The highest BCUT2D eigenvalue weighted by atomic mass is 32.1. The van der Waals surface area contributed by atoms with E-state index in [1.54, 1.807) is 17.5 Å². The predicted molar refractivity (Wildman–Crippen MR) is 56.2 cm³/mol. The van der Waals surface area contributed by atoms with Crippen LogP contribution in [0.1, 0.15) is 17.6 Å². The minimum absolute atomic E-state index is 0.243. The topological polar surface area (TPSA) is 53.6 Å². The Morgan fingerprint density at radius 2 is 2.50 bits per heavy atom. The summed E-state index contributed by atoms with van der Waals surface area (Å²) in [6.45, 7) is 0. The van der Waals surface area contributed by atoms with Crippen LogP contribution in [0.3, 0.4) is 0 Å². The Labute approximate surface area is 86.4 Å². The van der Waals surface area contributed by atoms with Crippen molar-refractivity contribution in [2.24, 2.45) is 0 Å². The molecule has 0 saturated heterocycles. The number of aromatic amines is 1. The molecule has 1 atom stereocenters. The molecule has 1 unspecified atom stereocenters. The molecule has 2 N–H and O–H groups in total. The first-order chi connectivity index (χ1) is 6.90. The van der Waals surface area contributed by atoms with E-state index in [2.05, 4.69) is 25.6 Å². The van der Waals surface area contributed by atoms with Crippen molar-refractivity contribution in [3.05, 3.63) is 34.8 Å². The second-order valence-corrected chi connectivity index (χ2v) is 3.71. The first kappa shape index (κ1) is 9.36. The van der Waals surface area contributed by atoms with Gasteiger partial charge < -0.3 is 10.3 Å². The van der Waals surface area contributed by atoms with Gasteiger partial charge in [0.2, 0.25) is 0 Å². The highest BCUT2D eigenvalue weighted by molar-refractivity contribution is 7.07. The third kappa shape index (κ3) is 2.00. The maximum absolute atomic E-state index is 4.28. The molecule has 2 rings (SSSR count). The van der Waals surface area contributed by atoms with Crippen molar-refractivity contribution in [1.82, 2.24) is 20.3 Å². The predicted octanol–water partition coefficient (Wildman–Crippen LogP) is 1.37. The summed E-state index contributed by atoms with van der Waals surface area (Å²) in [6.07, 6.45) is 4.44. The van der Waals surface area contributed by atoms with E-state index in [0.717, 1.165) is 17.9 Å². The molecule has 14 heavy (non-hydrogen) atoms. The van der Waals surface area contributed by atoms with Crippen LogP contribution in [-0.4, -0.2) is 22.0 Å². The maximum atomic E-state index is 4.28. The molecule has 0 aliphatic carbocycles. The third-order valence-electron chi connectivity index (χ3n) is 2.11. The van der Waals surface area contributed by atoms with Crippen LogP contribution in [0, 0.1) is 0 Å². The molecule has 0 bridgehead atoms. The first-order valence-corrected chi connectivity index (χ1v) is 5.38. The number of nitrogens with one attached hydrogen (secondary N) is 2. The normalized spacial score (nSPS) is 12.9. The van der Waals surface area contributed by atoms with Crippen LogP contribution in [0.25, 0.3) is 0 Å². The van der Waals surface area contributed by atoms with E-state index in [1.165, 1.54) is 0 Å². The Balaban J connectivity index is 2.08. The fourth-order valence-corrected chi connectivity index (χ4v) is 1.96. The molecule has 0 radical (unpaired) electrons. The van der Waals surface area contributed by atoms with Crippen molar-refractivity contribution in [3.8, 4) is 0 Å². The number of imidazole rings is 1. The van der Waals surface area contributed by atoms with E-state index < -0.39 is 0 Å². The number of rotatable bonds is 4. The average Bonchev–Trinajstić information content (AvgIpc) is 2.86. The van der Waals surface area contributed by atoms with Gasteiger partial charge >= 0.3 is 0 Å². The lowest BCUT2D eigenvalue weighted by atomic mass is 10.1. The number of H-pyrrole nitrogens is 1. The highest BCUT2D eigenvalue weighted by Gasteiger charge is 2.12. The number of thiazole rings is 1. The SMILES string of the molecule is CNC(Cc1ncc[nH]1)c1cscn1. The molecule has 0 spiro atoms. The zero-order valence-electron chi connectivity index (χ0n) is 7.90. The Morgan fingerprint density at radius 3 is 3.07 bits per heavy atom. The van der Waals surface area contributed by atoms with Crippen molar-refractivity contribution < 1.29 is 0 Å². The Bertz CT molecular complexity index is 354. The standard InChI is InChI=1S/C9H12N4S/c1-10-7(8-5-14-6-13-8)4-9-11-2-3-12-9/h2-3,5-7,10H,4H2,1H3,(H,11,12). The molecule has 5 heteroatoms. The monoisotopic (exact) mass is 208 g/mol. The number of aromatic nitrogens is 3. The quantitative estimate of drug-likeness (QED) is 0.798. The van der Waals surface area contributed by atoms with Crippen LogP contribution < -0.4 is 5.32 Å². The summed E-state index contributed by atoms with van der Waals surface area (Å²) in [5.41, 5.74) is 2.93. The van der Waals surface area contributed by atoms with E-state index in [0.29, 0.717) is 0 Å². The summed E-state index contributed by atoms with van der Waals surface area (Å²) < 4.78 is 0. The summed E-state index contributed by atoms with van der Waals surface area (Å²) in [4.78, 5) is 11.6. The lowest BCUT2D eigenvalue weighted by molar-refractivity contribution is 0.566. The molecule has 2 aromatic rings. The van der Waals surface area contributed by atoms with Gasteiger partial charge in [0.25, 0.3) is 0 Å². The summed E-state index contributed by atoms with van der Waals surface area (Å²) >= 11 is 1.61. The summed E-state index contributed by atoms with van der Waals surface area (Å²) in [5.74, 6) is 0.984. The second kappa shape index (κ2) is 4.34. The molecule has 0 aliphatic heterocycles. The van der Waals surface area contributed by atoms with E-state index in [1.807, 2.05) is 18.8 Å². The van der Waals surface area contributed by atoms with Gasteiger partial charge in [-0.1, -0.05) is 0 Å². The molecule has 0 aliphatic rings. The van der Waals surface area contributed by atoms with Crippen LogP contribution in [0.15, 0.2) is 23.3 Å². The largest absolute Gasteiger partial charge is 0.349 e. The molecule has 74 valence electrons. The fraction of sp³-hybridized carbons (Fsp3) is 0.333. The zero-order chi connectivity index (χ0) is 9.80. The van der Waals surface area contributed by atoms with Gasteiger partial charge in [0.15, 0.2) is 0 Å². The van der Waals surface area contributed by atoms with Crippen LogP contribution in [-0.2, 0) is 6.42 Å². The summed E-state index contributed by atoms with van der Waals surface area (Å²) in [7, 11) is 1.94. The maximum Gasteiger partial charge on any atom is 0.107 e. The molecule has 0 aromatic carbocycles. The van der Waals surface area contributed by atoms with Crippen molar-refractivity contribution in [2.75, 3.05) is 7.05 Å². The van der Waals surface area contributed by atoms with Gasteiger partial charge in [-0.25, -0.2) is 9.97 Å². The Morgan fingerprint density at radius 1 is 1.57 bits per heavy atom. The third-order valence-corrected chi connectivity index (χ3v) is 2.71. The summed E-state index contributed by atoms with van der Waals surface area (Å²) in [6, 6.07) is 0.243. The smallest absolute Gasteiger partial charge is 0.107 e. The minimum atomic E-state index is 0.243. The number of hydrogen-bond acceptors (Lipinski definition) is 4. The van der Waals surface area contributed by atoms with Crippen molar-refractivity contribution in [3.63, 3.8) is 0 Å². The highest BCUT2D eigenvalue weighted by Crippen LogP contribution is 2.15. The Hall–Kier alpha value is -1.20. The van der Waals surface area contributed by atoms with Gasteiger partial charge in [-0.05, 0) is 7.05 Å². The minimum Gasteiger partial charge on any atom is -0.349 e. The molecular weight excluding hydrogens is 196 g/mol. The number of hydrogen-bond donors (Lipinski definition) is 2. The molecule has 0 saturated carbocycles. The van der Waals surface area contributed by atoms with Gasteiger partial charge in [-0.2, -0.15) is 0 Å². The average molecular weight is 208 g/mol. The van der Waals surface area contributed by atoms with Gasteiger partial charge in [-0.15, -0.1) is 11.3 Å². The zero-order valence-corrected chi connectivity index (χ0v) is 8.71. The van der Waals surface area contributed by atoms with Crippen LogP contribution in [0.4, 0.5) is 0 Å². The fourth-order valence-electron chi connectivity index (χ4n) is 1.35. The van der Waals surface area contributed by atoms with Gasteiger partial charge in [0.1, 0.15) is 5.82 Å². The number of likely N-dealkylation sites (N-methyl/N-ethyl adjacent to an activating group) is 1. The van der Waals surface area contributed by atoms with E-state index in [-0.39, 0.29) is 6.04 Å². The number of nitrogens with zero attached hydrogens (tertiary/aromatic N) is 2. The Kier molecular flexibility index (Phi) is 2.90. The van der Waals surface area contributed by atoms with Crippen LogP contribution in [0.5, 0.6) is 0 Å². The van der Waals surface area contributed by atoms with E-state index in [9.17, 15) is 0 Å². The van der Waals surface area contributed by atoms with E-state index >= 15 is 0 Å². The molecule has 2 heterocycles. The van der Waals surface area contributed by atoms with Crippen molar-refractivity contribution in [2.45, 2.75) is 12.5 Å². The lowest BCUT2D eigenvalue weighted by Crippen LogP contribution is -2.19. The van der Waals surface area contributed by atoms with E-state index in [4.69, 9.17) is 0 Å². The van der Waals surface area contributed by atoms with Gasteiger partial charge in [0.05, 0.1) is 17.2 Å². The molecule has 4 nitrogen and oxygen atoms in total. The van der Waals surface area contributed by atoms with Crippen LogP contribution in [0.2, 0.25) is 0 Å². The first-order valence-electron chi connectivity index (χ1n) is 4.43. The second-order valence-electron chi connectivity index (χ2n) is 2.99. The molecule has 0 amide bonds. The molecule has 2 aromatic heterocycles. The van der Waals surface area contributed by atoms with Gasteiger partial charge in [-0.3, -0.25) is 0 Å². The molecule has 0 fully saturated rings. The molecular formula is C9H12N4S. The van der Waals surface area contributed by atoms with Crippen LogP contribution >= 0.6 is 11.3 Å². The van der Waals surface area contributed by atoms with Crippen molar-refractivity contribution >= 4 is 11.3 Å². The summed E-state index contributed by atoms with van der Waals surface area (Å²) in [5, 5.41) is 5.29.